The molecule has 0 fully saturated rings. The summed E-state index contributed by atoms with van der Waals surface area (Å²) < 4.78 is 7.80. The van der Waals surface area contributed by atoms with E-state index in [1.165, 1.54) is 0 Å². The van der Waals surface area contributed by atoms with Crippen LogP contribution in [0.1, 0.15) is 37.1 Å². The molecule has 8 heteroatoms. The third kappa shape index (κ3) is 5.91. The summed E-state index contributed by atoms with van der Waals surface area (Å²) in [6.45, 7) is 4.67. The van der Waals surface area contributed by atoms with E-state index in [9.17, 15) is 5.26 Å². The van der Waals surface area contributed by atoms with Crippen molar-refractivity contribution in [2.45, 2.75) is 26.8 Å². The second-order valence-electron chi connectivity index (χ2n) is 6.94. The van der Waals surface area contributed by atoms with Crippen LogP contribution in [0, 0.1) is 23.2 Å². The van der Waals surface area contributed by atoms with Crippen LogP contribution in [-0.2, 0) is 13.6 Å². The monoisotopic (exact) mass is 439 g/mol. The average molecular weight is 440 g/mol. The molecule has 0 radical (unpaired) electrons. The van der Waals surface area contributed by atoms with Crippen LogP contribution in [0.25, 0.3) is 11.4 Å². The molecule has 166 valence electrons. The zero-order valence-electron chi connectivity index (χ0n) is 18.9. The SMILES string of the molecule is C/C=C\C(=N/CC#CCC)c1cc(Oc2cc(C#N)ccc2-c2ncc(CN)cn2)n(C)n1. The summed E-state index contributed by atoms with van der Waals surface area (Å²) in [7, 11) is 1.78. The van der Waals surface area contributed by atoms with Crippen LogP contribution < -0.4 is 10.5 Å². The van der Waals surface area contributed by atoms with Gasteiger partial charge in [-0.3, -0.25) is 4.99 Å². The number of hydrogen-bond acceptors (Lipinski definition) is 7. The number of aromatic nitrogens is 4. The number of allylic oxidation sites excluding steroid dienone is 2. The van der Waals surface area contributed by atoms with Crippen molar-refractivity contribution in [2.24, 2.45) is 17.8 Å². The van der Waals surface area contributed by atoms with E-state index in [1.807, 2.05) is 26.0 Å². The Morgan fingerprint density at radius 1 is 1.24 bits per heavy atom. The molecule has 0 bridgehead atoms. The molecule has 0 aliphatic heterocycles. The first-order valence-electron chi connectivity index (χ1n) is 10.5. The summed E-state index contributed by atoms with van der Waals surface area (Å²) in [5.74, 6) is 7.42. The number of ether oxygens (including phenoxy) is 1. The van der Waals surface area contributed by atoms with Crippen LogP contribution in [0.4, 0.5) is 0 Å². The second-order valence-corrected chi connectivity index (χ2v) is 6.94. The summed E-state index contributed by atoms with van der Waals surface area (Å²) in [4.78, 5) is 13.3. The van der Waals surface area contributed by atoms with E-state index in [0.717, 1.165) is 12.0 Å². The molecule has 2 N–H and O–H groups in total. The Balaban J connectivity index is 1.97. The lowest BCUT2D eigenvalue weighted by atomic mass is 10.1. The van der Waals surface area contributed by atoms with Crippen LogP contribution in [0.2, 0.25) is 0 Å². The molecule has 2 aromatic heterocycles. The Morgan fingerprint density at radius 3 is 2.70 bits per heavy atom. The fourth-order valence-corrected chi connectivity index (χ4v) is 2.93. The first-order chi connectivity index (χ1) is 16.1. The molecule has 3 aromatic rings. The largest absolute Gasteiger partial charge is 0.438 e. The van der Waals surface area contributed by atoms with Gasteiger partial charge in [-0.15, -0.1) is 5.92 Å². The number of aliphatic imine (C=N–C) groups is 1. The lowest BCUT2D eigenvalue weighted by molar-refractivity contribution is 0.432. The number of nitrogens with two attached hydrogens (primary N) is 1. The van der Waals surface area contributed by atoms with E-state index in [1.54, 1.807) is 48.4 Å². The molecule has 0 atom stereocenters. The van der Waals surface area contributed by atoms with Crippen molar-refractivity contribution >= 4 is 5.71 Å². The van der Waals surface area contributed by atoms with Gasteiger partial charge in [-0.2, -0.15) is 10.4 Å². The molecule has 0 unspecified atom stereocenters. The number of nitrogens with zero attached hydrogens (tertiary/aromatic N) is 6. The normalized spacial score (nSPS) is 11.2. The van der Waals surface area contributed by atoms with E-state index in [0.29, 0.717) is 53.1 Å². The molecule has 1 aromatic carbocycles. The third-order valence-corrected chi connectivity index (χ3v) is 4.56. The molecule has 8 nitrogen and oxygen atoms in total. The van der Waals surface area contributed by atoms with Gasteiger partial charge in [0.2, 0.25) is 5.88 Å². The Labute approximate surface area is 193 Å². The zero-order chi connectivity index (χ0) is 23.6. The smallest absolute Gasteiger partial charge is 0.218 e. The predicted molar refractivity (Wildman–Crippen MR) is 128 cm³/mol. The maximum absolute atomic E-state index is 9.37. The van der Waals surface area contributed by atoms with Crippen LogP contribution in [-0.4, -0.2) is 32.0 Å². The van der Waals surface area contributed by atoms with Crippen molar-refractivity contribution in [3.63, 3.8) is 0 Å². The maximum atomic E-state index is 9.37. The predicted octanol–water partition coefficient (Wildman–Crippen LogP) is 3.78. The summed E-state index contributed by atoms with van der Waals surface area (Å²) in [6, 6.07) is 9.06. The van der Waals surface area contributed by atoms with Gasteiger partial charge in [-0.1, -0.05) is 18.9 Å². The third-order valence-electron chi connectivity index (χ3n) is 4.56. The molecule has 0 aliphatic rings. The number of nitriles is 1. The van der Waals surface area contributed by atoms with Crippen LogP contribution in [0.15, 0.2) is 53.8 Å². The Hall–Kier alpha value is -4.27. The van der Waals surface area contributed by atoms with Crippen LogP contribution >= 0.6 is 0 Å². The van der Waals surface area contributed by atoms with Gasteiger partial charge in [0, 0.05) is 44.0 Å². The molecule has 33 heavy (non-hydrogen) atoms. The van der Waals surface area contributed by atoms with E-state index < -0.39 is 0 Å². The van der Waals surface area contributed by atoms with Crippen molar-refractivity contribution in [3.05, 3.63) is 65.6 Å². The summed E-state index contributed by atoms with van der Waals surface area (Å²) in [6.07, 6.45) is 7.92. The number of aryl methyl sites for hydroxylation is 1. The molecule has 2 heterocycles. The van der Waals surface area contributed by atoms with Gasteiger partial charge in [0.15, 0.2) is 5.82 Å². The molecule has 0 saturated carbocycles. The number of benzene rings is 1. The lowest BCUT2D eigenvalue weighted by Gasteiger charge is -2.11. The van der Waals surface area contributed by atoms with Crippen molar-refractivity contribution < 1.29 is 4.74 Å². The van der Waals surface area contributed by atoms with Gasteiger partial charge in [0.1, 0.15) is 18.0 Å². The topological polar surface area (TPSA) is 115 Å². The van der Waals surface area contributed by atoms with Crippen LogP contribution in [0.3, 0.4) is 0 Å². The molecular weight excluding hydrogens is 414 g/mol. The maximum Gasteiger partial charge on any atom is 0.218 e. The van der Waals surface area contributed by atoms with E-state index in [-0.39, 0.29) is 0 Å². The second kappa shape index (κ2) is 11.4. The first kappa shape index (κ1) is 23.4. The minimum atomic E-state index is 0.356. The van der Waals surface area contributed by atoms with Gasteiger partial charge >= 0.3 is 0 Å². The van der Waals surface area contributed by atoms with Crippen molar-refractivity contribution in [1.82, 2.24) is 19.7 Å². The van der Waals surface area contributed by atoms with Gasteiger partial charge in [-0.25, -0.2) is 14.6 Å². The van der Waals surface area contributed by atoms with Crippen LogP contribution in [0.5, 0.6) is 11.6 Å². The van der Waals surface area contributed by atoms with E-state index in [4.69, 9.17) is 10.5 Å². The fraction of sp³-hybridized carbons (Fsp3) is 0.240. The molecule has 0 aliphatic carbocycles. The fourth-order valence-electron chi connectivity index (χ4n) is 2.93. The Bertz CT molecular complexity index is 1270. The van der Waals surface area contributed by atoms with E-state index >= 15 is 0 Å². The minimum absolute atomic E-state index is 0.356. The highest BCUT2D eigenvalue weighted by Gasteiger charge is 2.16. The number of hydrogen-bond donors (Lipinski definition) is 1. The molecule has 3 rings (SSSR count). The molecule has 0 amide bonds. The van der Waals surface area contributed by atoms with Crippen molar-refractivity contribution in [1.29, 1.82) is 5.26 Å². The quantitative estimate of drug-likeness (QED) is 0.442. The zero-order valence-corrected chi connectivity index (χ0v) is 18.9. The molecular formula is C25H25N7O. The van der Waals surface area contributed by atoms with Gasteiger partial charge in [0.25, 0.3) is 0 Å². The highest BCUT2D eigenvalue weighted by Crippen LogP contribution is 2.32. The van der Waals surface area contributed by atoms with Crippen molar-refractivity contribution in [3.8, 4) is 40.9 Å². The lowest BCUT2D eigenvalue weighted by Crippen LogP contribution is -2.02. The van der Waals surface area contributed by atoms with Gasteiger partial charge < -0.3 is 10.5 Å². The Morgan fingerprint density at radius 2 is 2.03 bits per heavy atom. The van der Waals surface area contributed by atoms with E-state index in [2.05, 4.69) is 38.0 Å². The average Bonchev–Trinajstić information content (AvgIpc) is 3.21. The van der Waals surface area contributed by atoms with Gasteiger partial charge in [-0.05, 0) is 31.2 Å². The highest BCUT2D eigenvalue weighted by molar-refractivity contribution is 6.07. The minimum Gasteiger partial charge on any atom is -0.438 e. The number of rotatable bonds is 7. The molecule has 0 saturated heterocycles. The highest BCUT2D eigenvalue weighted by atomic mass is 16.5. The summed E-state index contributed by atoms with van der Waals surface area (Å²) in [5, 5.41) is 13.9. The summed E-state index contributed by atoms with van der Waals surface area (Å²) >= 11 is 0. The standard InChI is InChI=1S/C25H25N7O/c1-4-6-7-11-28-21(8-5-2)22-13-24(32(3)31-22)33-23-12-18(14-26)9-10-20(23)25-29-16-19(15-27)17-30-25/h5,8-10,12-13,16-17H,4,11,15,27H2,1-3H3/b8-5-,28-21+. The van der Waals surface area contributed by atoms with Gasteiger partial charge in [0.05, 0.1) is 22.9 Å². The molecule has 0 spiro atoms. The van der Waals surface area contributed by atoms with Crippen molar-refractivity contribution in [2.75, 3.05) is 6.54 Å². The Kier molecular flexibility index (Phi) is 8.07. The first-order valence-corrected chi connectivity index (χ1v) is 10.5. The summed E-state index contributed by atoms with van der Waals surface area (Å²) in [5.41, 5.74) is 8.95.